The van der Waals surface area contributed by atoms with E-state index in [1.54, 1.807) is 30.3 Å². The van der Waals surface area contributed by atoms with E-state index in [9.17, 15) is 19.7 Å². The lowest BCUT2D eigenvalue weighted by Gasteiger charge is -2.10. The predicted octanol–water partition coefficient (Wildman–Crippen LogP) is 3.51. The Morgan fingerprint density at radius 1 is 1.07 bits per heavy atom. The van der Waals surface area contributed by atoms with Crippen molar-refractivity contribution >= 4 is 16.7 Å². The Bertz CT molecular complexity index is 1400. The van der Waals surface area contributed by atoms with Crippen LogP contribution in [-0.2, 0) is 6.54 Å². The van der Waals surface area contributed by atoms with Gasteiger partial charge in [-0.05, 0) is 29.8 Å². The number of hydrogen-bond donors (Lipinski definition) is 2. The largest absolute Gasteiger partial charge is 0.384 e. The Kier molecular flexibility index (Phi) is 4.34. The van der Waals surface area contributed by atoms with Gasteiger partial charge < -0.3 is 15.3 Å². The van der Waals surface area contributed by atoms with Gasteiger partial charge in [0, 0.05) is 28.2 Å². The molecule has 0 bridgehead atoms. The standard InChI is InChI=1S/C22H14FN5O/c23-18-4-2-1-3-15(18)12-28-8-7-13-9-14(5-6-19(13)28)20-16(10-24)21(26)27-22(29)17(20)11-25/h1-9H,12H2,(H3,26,27,29). The third kappa shape index (κ3) is 3.01. The fourth-order valence-corrected chi connectivity index (χ4v) is 3.44. The van der Waals surface area contributed by atoms with Crippen LogP contribution in [0, 0.1) is 28.5 Å². The van der Waals surface area contributed by atoms with Crippen molar-refractivity contribution in [2.75, 3.05) is 5.73 Å². The van der Waals surface area contributed by atoms with E-state index in [0.717, 1.165) is 10.9 Å². The minimum atomic E-state index is -0.642. The number of halogens is 1. The van der Waals surface area contributed by atoms with Crippen LogP contribution in [0.25, 0.3) is 22.0 Å². The highest BCUT2D eigenvalue weighted by Gasteiger charge is 2.18. The first-order valence-corrected chi connectivity index (χ1v) is 8.72. The van der Waals surface area contributed by atoms with E-state index in [-0.39, 0.29) is 28.3 Å². The van der Waals surface area contributed by atoms with Crippen molar-refractivity contribution < 1.29 is 4.39 Å². The quantitative estimate of drug-likeness (QED) is 0.564. The molecule has 4 aromatic rings. The topological polar surface area (TPSA) is 111 Å². The van der Waals surface area contributed by atoms with Gasteiger partial charge in [-0.25, -0.2) is 4.39 Å². The Morgan fingerprint density at radius 2 is 1.83 bits per heavy atom. The molecule has 0 atom stereocenters. The van der Waals surface area contributed by atoms with Crippen molar-refractivity contribution in [2.45, 2.75) is 6.54 Å². The van der Waals surface area contributed by atoms with Crippen LogP contribution in [0.3, 0.4) is 0 Å². The minimum Gasteiger partial charge on any atom is -0.384 e. The molecule has 29 heavy (non-hydrogen) atoms. The number of nitrogens with two attached hydrogens (primary N) is 1. The Balaban J connectivity index is 1.86. The molecule has 2 aromatic heterocycles. The number of rotatable bonds is 3. The highest BCUT2D eigenvalue weighted by molar-refractivity contribution is 5.89. The highest BCUT2D eigenvalue weighted by Crippen LogP contribution is 2.31. The van der Waals surface area contributed by atoms with Gasteiger partial charge in [-0.3, -0.25) is 4.79 Å². The molecule has 0 amide bonds. The van der Waals surface area contributed by atoms with Gasteiger partial charge in [0.25, 0.3) is 5.56 Å². The number of H-pyrrole nitrogens is 1. The number of hydrogen-bond acceptors (Lipinski definition) is 4. The molecule has 0 spiro atoms. The zero-order chi connectivity index (χ0) is 20.5. The first-order valence-electron chi connectivity index (χ1n) is 8.72. The maximum Gasteiger partial charge on any atom is 0.268 e. The molecule has 0 radical (unpaired) electrons. The normalized spacial score (nSPS) is 10.6. The summed E-state index contributed by atoms with van der Waals surface area (Å²) in [6.45, 7) is 0.361. The molecule has 140 valence electrons. The lowest BCUT2D eigenvalue weighted by molar-refractivity contribution is 0.602. The molecule has 0 unspecified atom stereocenters. The third-order valence-electron chi connectivity index (χ3n) is 4.83. The molecule has 0 aliphatic heterocycles. The fourth-order valence-electron chi connectivity index (χ4n) is 3.44. The Labute approximate surface area is 164 Å². The van der Waals surface area contributed by atoms with E-state index in [1.807, 2.05) is 35.0 Å². The molecule has 0 aliphatic carbocycles. The van der Waals surface area contributed by atoms with Crippen molar-refractivity contribution in [1.29, 1.82) is 10.5 Å². The number of aromatic nitrogens is 2. The van der Waals surface area contributed by atoms with Gasteiger partial charge in [0.2, 0.25) is 0 Å². The number of pyridine rings is 1. The van der Waals surface area contributed by atoms with E-state index in [1.165, 1.54) is 6.07 Å². The molecule has 6 nitrogen and oxygen atoms in total. The molecule has 7 heteroatoms. The van der Waals surface area contributed by atoms with Gasteiger partial charge in [0.05, 0.1) is 6.54 Å². The number of nitrogens with one attached hydrogen (secondary N) is 1. The summed E-state index contributed by atoms with van der Waals surface area (Å²) >= 11 is 0. The first-order chi connectivity index (χ1) is 14.0. The van der Waals surface area contributed by atoms with Gasteiger partial charge in [-0.1, -0.05) is 24.3 Å². The number of nitrogen functional groups attached to an aromatic ring is 1. The summed E-state index contributed by atoms with van der Waals surface area (Å²) in [7, 11) is 0. The van der Waals surface area contributed by atoms with Gasteiger partial charge in [-0.15, -0.1) is 0 Å². The van der Waals surface area contributed by atoms with E-state index < -0.39 is 5.56 Å². The van der Waals surface area contributed by atoms with Crippen LogP contribution in [0.4, 0.5) is 10.2 Å². The maximum atomic E-state index is 14.0. The molecule has 0 saturated carbocycles. The Morgan fingerprint density at radius 3 is 2.55 bits per heavy atom. The second-order valence-electron chi connectivity index (χ2n) is 6.53. The molecule has 2 heterocycles. The lowest BCUT2D eigenvalue weighted by atomic mass is 9.96. The number of nitriles is 2. The molecule has 3 N–H and O–H groups in total. The fraction of sp³-hybridized carbons (Fsp3) is 0.0455. The van der Waals surface area contributed by atoms with Crippen molar-refractivity contribution in [3.05, 3.63) is 87.6 Å². The van der Waals surface area contributed by atoms with Crippen LogP contribution >= 0.6 is 0 Å². The van der Waals surface area contributed by atoms with Crippen molar-refractivity contribution in [1.82, 2.24) is 9.55 Å². The molecule has 4 rings (SSSR count). The molecule has 0 fully saturated rings. The second-order valence-corrected chi connectivity index (χ2v) is 6.53. The lowest BCUT2D eigenvalue weighted by Crippen LogP contribution is -2.16. The second kappa shape index (κ2) is 6.99. The predicted molar refractivity (Wildman–Crippen MR) is 107 cm³/mol. The van der Waals surface area contributed by atoms with Crippen LogP contribution in [0.2, 0.25) is 0 Å². The average Bonchev–Trinajstić information content (AvgIpc) is 3.11. The zero-order valence-electron chi connectivity index (χ0n) is 15.1. The van der Waals surface area contributed by atoms with Gasteiger partial charge in [0.1, 0.15) is 34.9 Å². The monoisotopic (exact) mass is 383 g/mol. The summed E-state index contributed by atoms with van der Waals surface area (Å²) in [5.41, 5.74) is 7.18. The van der Waals surface area contributed by atoms with Gasteiger partial charge in [0.15, 0.2) is 0 Å². The van der Waals surface area contributed by atoms with E-state index in [2.05, 4.69) is 4.98 Å². The number of nitrogens with zero attached hydrogens (tertiary/aromatic N) is 3. The van der Waals surface area contributed by atoms with Gasteiger partial charge >= 0.3 is 0 Å². The van der Waals surface area contributed by atoms with Crippen LogP contribution in [0.1, 0.15) is 16.7 Å². The summed E-state index contributed by atoms with van der Waals surface area (Å²) in [6, 6.07) is 17.6. The molecule has 2 aromatic carbocycles. The van der Waals surface area contributed by atoms with Crippen molar-refractivity contribution in [2.24, 2.45) is 0 Å². The minimum absolute atomic E-state index is 0.0475. The summed E-state index contributed by atoms with van der Waals surface area (Å²) in [5.74, 6) is -0.356. The van der Waals surface area contributed by atoms with Crippen molar-refractivity contribution in [3.63, 3.8) is 0 Å². The maximum absolute atomic E-state index is 14.0. The zero-order valence-corrected chi connectivity index (χ0v) is 15.1. The molecular formula is C22H14FN5O. The van der Waals surface area contributed by atoms with E-state index in [4.69, 9.17) is 5.73 Å². The number of fused-ring (bicyclic) bond motifs is 1. The van der Waals surface area contributed by atoms with E-state index in [0.29, 0.717) is 17.7 Å². The summed E-state index contributed by atoms with van der Waals surface area (Å²) < 4.78 is 15.9. The van der Waals surface area contributed by atoms with Crippen LogP contribution in [0.5, 0.6) is 0 Å². The number of anilines is 1. The van der Waals surface area contributed by atoms with Crippen LogP contribution in [-0.4, -0.2) is 9.55 Å². The number of benzene rings is 2. The first kappa shape index (κ1) is 18.0. The molecule has 0 saturated heterocycles. The third-order valence-corrected chi connectivity index (χ3v) is 4.83. The average molecular weight is 383 g/mol. The van der Waals surface area contributed by atoms with Gasteiger partial charge in [-0.2, -0.15) is 10.5 Å². The van der Waals surface area contributed by atoms with Crippen LogP contribution < -0.4 is 11.3 Å². The summed E-state index contributed by atoms with van der Waals surface area (Å²) in [5, 5.41) is 19.7. The highest BCUT2D eigenvalue weighted by atomic mass is 19.1. The Hall–Kier alpha value is -4.36. The summed E-state index contributed by atoms with van der Waals surface area (Å²) in [6.07, 6.45) is 1.84. The van der Waals surface area contributed by atoms with Crippen molar-refractivity contribution in [3.8, 4) is 23.3 Å². The number of aromatic amines is 1. The smallest absolute Gasteiger partial charge is 0.268 e. The van der Waals surface area contributed by atoms with E-state index >= 15 is 0 Å². The van der Waals surface area contributed by atoms with Crippen LogP contribution in [0.15, 0.2) is 59.5 Å². The SMILES string of the molecule is N#Cc1c(N)[nH]c(=O)c(C#N)c1-c1ccc2c(ccn2Cc2ccccc2F)c1. The molecular weight excluding hydrogens is 369 g/mol. The molecule has 0 aliphatic rings. The summed E-state index contributed by atoms with van der Waals surface area (Å²) in [4.78, 5) is 14.5.